The monoisotopic (exact) mass is 398 g/mol. The number of hydrogen-bond donors (Lipinski definition) is 0. The normalized spacial score (nSPS) is 12.2. The molecular formula is C21H19FN2O3S. The van der Waals surface area contributed by atoms with Crippen LogP contribution in [-0.4, -0.2) is 35.4 Å². The summed E-state index contributed by atoms with van der Waals surface area (Å²) in [6, 6.07) is 13.2. The first kappa shape index (κ1) is 19.7. The molecule has 0 aliphatic rings. The number of para-hydroxylation sites is 1. The lowest BCUT2D eigenvalue weighted by molar-refractivity contribution is -0.148. The van der Waals surface area contributed by atoms with Gasteiger partial charge in [-0.3, -0.25) is 4.79 Å². The second kappa shape index (κ2) is 8.75. The number of thiazole rings is 1. The molecule has 0 bridgehead atoms. The minimum atomic E-state index is -0.640. The van der Waals surface area contributed by atoms with Crippen LogP contribution in [-0.2, 0) is 14.3 Å². The molecule has 0 aliphatic heterocycles. The minimum Gasteiger partial charge on any atom is -0.452 e. The zero-order valence-electron chi connectivity index (χ0n) is 15.5. The summed E-state index contributed by atoms with van der Waals surface area (Å²) in [6.07, 6.45) is 2.71. The van der Waals surface area contributed by atoms with Gasteiger partial charge < -0.3 is 9.64 Å². The Morgan fingerprint density at radius 3 is 2.64 bits per heavy atom. The predicted octanol–water partition coefficient (Wildman–Crippen LogP) is 4.21. The van der Waals surface area contributed by atoms with Gasteiger partial charge >= 0.3 is 5.97 Å². The summed E-state index contributed by atoms with van der Waals surface area (Å²) >= 11 is 1.53. The fourth-order valence-corrected chi connectivity index (χ4v) is 3.53. The molecule has 0 spiro atoms. The number of halogens is 1. The lowest BCUT2D eigenvalue weighted by atomic mass is 10.2. The molecule has 0 saturated heterocycles. The predicted molar refractivity (Wildman–Crippen MR) is 107 cm³/mol. The Labute approximate surface area is 166 Å². The maximum absolute atomic E-state index is 12.9. The van der Waals surface area contributed by atoms with Crippen LogP contribution in [0.4, 0.5) is 4.39 Å². The number of amides is 1. The summed E-state index contributed by atoms with van der Waals surface area (Å²) < 4.78 is 18.9. The summed E-state index contributed by atoms with van der Waals surface area (Å²) in [6.45, 7) is 1.52. The number of hydrogen-bond acceptors (Lipinski definition) is 5. The van der Waals surface area contributed by atoms with Crippen LogP contribution in [0, 0.1) is 5.82 Å². The Balaban J connectivity index is 1.54. The Hall–Kier alpha value is -3.06. The van der Waals surface area contributed by atoms with Crippen molar-refractivity contribution in [2.45, 2.75) is 13.0 Å². The highest BCUT2D eigenvalue weighted by atomic mass is 32.1. The van der Waals surface area contributed by atoms with Gasteiger partial charge in [-0.15, -0.1) is 11.3 Å². The van der Waals surface area contributed by atoms with Crippen molar-refractivity contribution in [3.05, 3.63) is 71.0 Å². The second-order valence-electron chi connectivity index (χ2n) is 6.19. The van der Waals surface area contributed by atoms with Crippen molar-refractivity contribution in [1.29, 1.82) is 0 Å². The molecule has 1 amide bonds. The van der Waals surface area contributed by atoms with Crippen LogP contribution >= 0.6 is 11.3 Å². The van der Waals surface area contributed by atoms with Gasteiger partial charge in [-0.2, -0.15) is 0 Å². The number of fused-ring (bicyclic) bond motifs is 1. The molecule has 2 aromatic carbocycles. The molecule has 3 aromatic rings. The van der Waals surface area contributed by atoms with Crippen LogP contribution in [0.5, 0.6) is 0 Å². The first-order valence-electron chi connectivity index (χ1n) is 8.65. The van der Waals surface area contributed by atoms with E-state index in [0.717, 1.165) is 15.2 Å². The summed E-state index contributed by atoms with van der Waals surface area (Å²) in [5.41, 5.74) is 1.55. The van der Waals surface area contributed by atoms with E-state index in [0.29, 0.717) is 5.56 Å². The third-order valence-electron chi connectivity index (χ3n) is 4.26. The van der Waals surface area contributed by atoms with Gasteiger partial charge in [0.15, 0.2) is 6.61 Å². The fraction of sp³-hybridized carbons (Fsp3) is 0.190. The van der Waals surface area contributed by atoms with E-state index in [1.54, 1.807) is 7.05 Å². The van der Waals surface area contributed by atoms with E-state index >= 15 is 0 Å². The molecule has 0 radical (unpaired) electrons. The first-order chi connectivity index (χ1) is 13.4. The van der Waals surface area contributed by atoms with E-state index in [-0.39, 0.29) is 24.4 Å². The standard InChI is InChI=1S/C21H19FN2O3S/c1-14(21-23-17-5-3-4-6-18(17)28-21)24(2)19(25)13-27-20(26)12-9-15-7-10-16(22)11-8-15/h3-12,14H,13H2,1-2H3/b12-9+/t14-/m1/s1. The van der Waals surface area contributed by atoms with E-state index in [9.17, 15) is 14.0 Å². The molecule has 0 N–H and O–H groups in total. The lowest BCUT2D eigenvalue weighted by Crippen LogP contribution is -2.33. The molecule has 1 heterocycles. The number of benzene rings is 2. The SMILES string of the molecule is C[C@H](c1nc2ccccc2s1)N(C)C(=O)COC(=O)/C=C/c1ccc(F)cc1. The van der Waals surface area contributed by atoms with Gasteiger partial charge in [-0.25, -0.2) is 14.2 Å². The average molecular weight is 398 g/mol. The molecule has 7 heteroatoms. The molecule has 3 rings (SSSR count). The largest absolute Gasteiger partial charge is 0.452 e. The molecule has 0 fully saturated rings. The van der Waals surface area contributed by atoms with Crippen molar-refractivity contribution in [3.63, 3.8) is 0 Å². The van der Waals surface area contributed by atoms with Crippen molar-refractivity contribution in [2.75, 3.05) is 13.7 Å². The van der Waals surface area contributed by atoms with Gasteiger partial charge in [-0.05, 0) is 42.8 Å². The Kier molecular flexibility index (Phi) is 6.16. The number of esters is 1. The van der Waals surface area contributed by atoms with Crippen LogP contribution in [0.15, 0.2) is 54.6 Å². The molecule has 28 heavy (non-hydrogen) atoms. The van der Waals surface area contributed by atoms with Crippen molar-refractivity contribution < 1.29 is 18.7 Å². The molecule has 1 aromatic heterocycles. The summed E-state index contributed by atoms with van der Waals surface area (Å²) in [4.78, 5) is 30.2. The third kappa shape index (κ3) is 4.80. The average Bonchev–Trinajstić information content (AvgIpc) is 3.14. The topological polar surface area (TPSA) is 59.5 Å². The number of aromatic nitrogens is 1. The molecule has 0 saturated carbocycles. The van der Waals surface area contributed by atoms with Crippen LogP contribution in [0.2, 0.25) is 0 Å². The molecule has 1 atom stereocenters. The van der Waals surface area contributed by atoms with Crippen molar-refractivity contribution in [3.8, 4) is 0 Å². The maximum atomic E-state index is 12.9. The zero-order chi connectivity index (χ0) is 20.1. The van der Waals surface area contributed by atoms with Crippen molar-refractivity contribution in [2.24, 2.45) is 0 Å². The highest BCUT2D eigenvalue weighted by Crippen LogP contribution is 2.28. The van der Waals surface area contributed by atoms with E-state index in [1.165, 1.54) is 52.7 Å². The lowest BCUT2D eigenvalue weighted by Gasteiger charge is -2.22. The summed E-state index contributed by atoms with van der Waals surface area (Å²) in [5, 5.41) is 0.819. The molecule has 5 nitrogen and oxygen atoms in total. The van der Waals surface area contributed by atoms with Crippen molar-refractivity contribution in [1.82, 2.24) is 9.88 Å². The quantitative estimate of drug-likeness (QED) is 0.461. The first-order valence-corrected chi connectivity index (χ1v) is 9.47. The van der Waals surface area contributed by atoms with E-state index in [4.69, 9.17) is 4.74 Å². The van der Waals surface area contributed by atoms with Gasteiger partial charge in [0.25, 0.3) is 5.91 Å². The van der Waals surface area contributed by atoms with E-state index in [2.05, 4.69) is 4.98 Å². The number of likely N-dealkylation sites (N-methyl/N-ethyl adjacent to an activating group) is 1. The number of ether oxygens (including phenoxy) is 1. The highest BCUT2D eigenvalue weighted by Gasteiger charge is 2.21. The molecule has 0 unspecified atom stereocenters. The van der Waals surface area contributed by atoms with Gasteiger partial charge in [0.05, 0.1) is 16.3 Å². The number of carbonyl (C=O) groups excluding carboxylic acids is 2. The number of carbonyl (C=O) groups is 2. The Morgan fingerprint density at radius 1 is 1.21 bits per heavy atom. The van der Waals surface area contributed by atoms with Gasteiger partial charge in [-0.1, -0.05) is 24.3 Å². The van der Waals surface area contributed by atoms with Crippen molar-refractivity contribution >= 4 is 39.5 Å². The molecule has 0 aliphatic carbocycles. The molecular weight excluding hydrogens is 379 g/mol. The maximum Gasteiger partial charge on any atom is 0.331 e. The van der Waals surface area contributed by atoms with E-state index < -0.39 is 5.97 Å². The van der Waals surface area contributed by atoms with Crippen LogP contribution in [0.25, 0.3) is 16.3 Å². The molecule has 144 valence electrons. The van der Waals surface area contributed by atoms with Crippen LogP contribution < -0.4 is 0 Å². The summed E-state index contributed by atoms with van der Waals surface area (Å²) in [5.74, 6) is -1.32. The minimum absolute atomic E-state index is 0.238. The third-order valence-corrected chi connectivity index (χ3v) is 5.47. The second-order valence-corrected chi connectivity index (χ2v) is 7.26. The fourth-order valence-electron chi connectivity index (χ4n) is 2.47. The number of nitrogens with zero attached hydrogens (tertiary/aromatic N) is 2. The van der Waals surface area contributed by atoms with Crippen LogP contribution in [0.3, 0.4) is 0 Å². The van der Waals surface area contributed by atoms with Gasteiger partial charge in [0.1, 0.15) is 10.8 Å². The van der Waals surface area contributed by atoms with Crippen LogP contribution in [0.1, 0.15) is 23.5 Å². The van der Waals surface area contributed by atoms with Gasteiger partial charge in [0.2, 0.25) is 0 Å². The van der Waals surface area contributed by atoms with E-state index in [1.807, 2.05) is 31.2 Å². The summed E-state index contributed by atoms with van der Waals surface area (Å²) in [7, 11) is 1.65. The smallest absolute Gasteiger partial charge is 0.331 e. The van der Waals surface area contributed by atoms with Gasteiger partial charge in [0, 0.05) is 13.1 Å². The highest BCUT2D eigenvalue weighted by molar-refractivity contribution is 7.18. The number of rotatable bonds is 6. The zero-order valence-corrected chi connectivity index (χ0v) is 16.3. The Morgan fingerprint density at radius 2 is 1.93 bits per heavy atom. The Bertz CT molecular complexity index is 981.